The lowest BCUT2D eigenvalue weighted by molar-refractivity contribution is 0.588. The van der Waals surface area contributed by atoms with Crippen LogP contribution >= 0.6 is 0 Å². The highest BCUT2D eigenvalue weighted by Crippen LogP contribution is 2.39. The Morgan fingerprint density at radius 3 is 2.83 bits per heavy atom. The van der Waals surface area contributed by atoms with Gasteiger partial charge >= 0.3 is 0 Å². The normalized spacial score (nSPS) is 19.4. The maximum atomic E-state index is 4.58. The lowest BCUT2D eigenvalue weighted by Crippen LogP contribution is -2.15. The molecule has 2 heterocycles. The second-order valence-corrected chi connectivity index (χ2v) is 6.47. The first-order valence-corrected chi connectivity index (χ1v) is 7.01. The van der Waals surface area contributed by atoms with Gasteiger partial charge < -0.3 is 4.40 Å². The van der Waals surface area contributed by atoms with E-state index in [1.807, 2.05) is 6.20 Å². The number of hydrogen-bond acceptors (Lipinski definition) is 1. The van der Waals surface area contributed by atoms with E-state index in [1.165, 1.54) is 30.5 Å². The van der Waals surface area contributed by atoms with Gasteiger partial charge in [0.1, 0.15) is 5.65 Å². The quantitative estimate of drug-likeness (QED) is 0.736. The van der Waals surface area contributed by atoms with E-state index >= 15 is 0 Å². The Morgan fingerprint density at radius 1 is 1.39 bits per heavy atom. The smallest absolute Gasteiger partial charge is 0.140 e. The number of pyridine rings is 1. The highest BCUT2D eigenvalue weighted by atomic mass is 15.0. The Labute approximate surface area is 109 Å². The van der Waals surface area contributed by atoms with Crippen LogP contribution in [0.25, 0.3) is 5.65 Å². The number of hydrogen-bond donors (Lipinski definition) is 0. The van der Waals surface area contributed by atoms with Crippen molar-refractivity contribution in [2.24, 2.45) is 0 Å². The van der Waals surface area contributed by atoms with Crippen LogP contribution in [0, 0.1) is 0 Å². The minimum atomic E-state index is 0.155. The van der Waals surface area contributed by atoms with Crippen LogP contribution in [0.4, 0.5) is 0 Å². The van der Waals surface area contributed by atoms with Crippen LogP contribution in [0.2, 0.25) is 0 Å². The van der Waals surface area contributed by atoms with Crippen LogP contribution in [0.15, 0.2) is 18.5 Å². The summed E-state index contributed by atoms with van der Waals surface area (Å²) in [6.07, 6.45) is 7.81. The molecule has 0 bridgehead atoms. The predicted octanol–water partition coefficient (Wildman–Crippen LogP) is 4.07. The summed E-state index contributed by atoms with van der Waals surface area (Å²) in [7, 11) is 0. The molecule has 18 heavy (non-hydrogen) atoms. The van der Waals surface area contributed by atoms with Crippen molar-refractivity contribution in [3.63, 3.8) is 0 Å². The third-order valence-corrected chi connectivity index (χ3v) is 4.28. The van der Waals surface area contributed by atoms with Gasteiger partial charge in [0.25, 0.3) is 0 Å². The monoisotopic (exact) mass is 242 g/mol. The molecule has 1 unspecified atom stereocenters. The summed E-state index contributed by atoms with van der Waals surface area (Å²) in [5.41, 5.74) is 5.74. The van der Waals surface area contributed by atoms with Gasteiger partial charge in [-0.25, -0.2) is 4.98 Å². The molecule has 0 saturated carbocycles. The first kappa shape index (κ1) is 11.8. The van der Waals surface area contributed by atoms with Crippen molar-refractivity contribution in [1.29, 1.82) is 0 Å². The van der Waals surface area contributed by atoms with Gasteiger partial charge in [-0.05, 0) is 42.2 Å². The van der Waals surface area contributed by atoms with E-state index in [1.54, 1.807) is 5.56 Å². The molecule has 2 aromatic rings. The molecule has 0 aromatic carbocycles. The van der Waals surface area contributed by atoms with Gasteiger partial charge in [0.2, 0.25) is 0 Å². The average Bonchev–Trinajstić information content (AvgIpc) is 2.91. The van der Waals surface area contributed by atoms with Crippen molar-refractivity contribution in [3.8, 4) is 0 Å². The summed E-state index contributed by atoms with van der Waals surface area (Å²) in [6.45, 7) is 9.13. The van der Waals surface area contributed by atoms with E-state index in [0.29, 0.717) is 0 Å². The summed E-state index contributed by atoms with van der Waals surface area (Å²) >= 11 is 0. The summed E-state index contributed by atoms with van der Waals surface area (Å²) in [5, 5.41) is 0. The number of imidazole rings is 1. The highest BCUT2D eigenvalue weighted by Gasteiger charge is 2.28. The van der Waals surface area contributed by atoms with E-state index in [4.69, 9.17) is 0 Å². The SMILES string of the molecule is CCC1CCc2c1cc(C(C)(C)C)c1nccn21. The van der Waals surface area contributed by atoms with Crippen molar-refractivity contribution < 1.29 is 0 Å². The second kappa shape index (κ2) is 3.84. The second-order valence-electron chi connectivity index (χ2n) is 6.47. The lowest BCUT2D eigenvalue weighted by Gasteiger charge is -2.22. The first-order chi connectivity index (χ1) is 8.52. The van der Waals surface area contributed by atoms with Gasteiger partial charge in [-0.3, -0.25) is 0 Å². The Balaban J connectivity index is 2.32. The average molecular weight is 242 g/mol. The third-order valence-electron chi connectivity index (χ3n) is 4.28. The highest BCUT2D eigenvalue weighted by molar-refractivity contribution is 5.56. The van der Waals surface area contributed by atoms with Crippen molar-refractivity contribution in [2.45, 2.75) is 58.3 Å². The number of rotatable bonds is 1. The number of fused-ring (bicyclic) bond motifs is 3. The molecule has 1 atom stereocenters. The fraction of sp³-hybridized carbons (Fsp3) is 0.562. The molecular formula is C16H22N2. The van der Waals surface area contributed by atoms with Crippen molar-refractivity contribution in [2.75, 3.05) is 0 Å². The molecule has 0 radical (unpaired) electrons. The molecule has 2 heteroatoms. The molecular weight excluding hydrogens is 220 g/mol. The molecule has 2 nitrogen and oxygen atoms in total. The summed E-state index contributed by atoms with van der Waals surface area (Å²) < 4.78 is 2.32. The summed E-state index contributed by atoms with van der Waals surface area (Å²) in [6, 6.07) is 2.43. The van der Waals surface area contributed by atoms with Crippen LogP contribution in [0.3, 0.4) is 0 Å². The van der Waals surface area contributed by atoms with Crippen molar-refractivity contribution in [3.05, 3.63) is 35.3 Å². The largest absolute Gasteiger partial charge is 0.304 e. The predicted molar refractivity (Wildman–Crippen MR) is 75.2 cm³/mol. The van der Waals surface area contributed by atoms with Crippen LogP contribution in [0.1, 0.15) is 63.3 Å². The molecule has 0 saturated heterocycles. The van der Waals surface area contributed by atoms with E-state index in [0.717, 1.165) is 11.6 Å². The Bertz CT molecular complexity index is 587. The molecule has 2 aromatic heterocycles. The van der Waals surface area contributed by atoms with Crippen molar-refractivity contribution in [1.82, 2.24) is 9.38 Å². The van der Waals surface area contributed by atoms with Crippen LogP contribution in [-0.2, 0) is 11.8 Å². The lowest BCUT2D eigenvalue weighted by atomic mass is 9.85. The molecule has 96 valence electrons. The Kier molecular flexibility index (Phi) is 2.51. The minimum Gasteiger partial charge on any atom is -0.304 e. The Hall–Kier alpha value is -1.31. The first-order valence-electron chi connectivity index (χ1n) is 7.01. The molecule has 0 aliphatic heterocycles. The fourth-order valence-corrected chi connectivity index (χ4v) is 3.22. The van der Waals surface area contributed by atoms with Gasteiger partial charge in [-0.1, -0.05) is 27.7 Å². The van der Waals surface area contributed by atoms with Gasteiger partial charge in [0.15, 0.2) is 0 Å². The maximum absolute atomic E-state index is 4.58. The van der Waals surface area contributed by atoms with Crippen LogP contribution in [0.5, 0.6) is 0 Å². The fourth-order valence-electron chi connectivity index (χ4n) is 3.22. The van der Waals surface area contributed by atoms with E-state index in [9.17, 15) is 0 Å². The summed E-state index contributed by atoms with van der Waals surface area (Å²) in [4.78, 5) is 4.58. The number of nitrogens with zero attached hydrogens (tertiary/aromatic N) is 2. The van der Waals surface area contributed by atoms with E-state index < -0.39 is 0 Å². The van der Waals surface area contributed by atoms with Crippen LogP contribution < -0.4 is 0 Å². The molecule has 0 spiro atoms. The molecule has 0 amide bonds. The zero-order chi connectivity index (χ0) is 12.9. The molecule has 3 rings (SSSR count). The van der Waals surface area contributed by atoms with Gasteiger partial charge in [0, 0.05) is 23.7 Å². The topological polar surface area (TPSA) is 17.3 Å². The van der Waals surface area contributed by atoms with Gasteiger partial charge in [0.05, 0.1) is 0 Å². The summed E-state index contributed by atoms with van der Waals surface area (Å²) in [5.74, 6) is 0.743. The van der Waals surface area contributed by atoms with Crippen LogP contribution in [-0.4, -0.2) is 9.38 Å². The number of aryl methyl sites for hydroxylation is 1. The molecule has 0 N–H and O–H groups in total. The zero-order valence-corrected chi connectivity index (χ0v) is 11.8. The van der Waals surface area contributed by atoms with Crippen molar-refractivity contribution >= 4 is 5.65 Å². The van der Waals surface area contributed by atoms with Gasteiger partial charge in [-0.15, -0.1) is 0 Å². The molecule has 1 aliphatic carbocycles. The van der Waals surface area contributed by atoms with E-state index in [2.05, 4.69) is 49.3 Å². The van der Waals surface area contributed by atoms with E-state index in [-0.39, 0.29) is 5.41 Å². The number of aromatic nitrogens is 2. The Morgan fingerprint density at radius 2 is 2.17 bits per heavy atom. The standard InChI is InChI=1S/C16H22N2/c1-5-11-6-7-14-12(11)10-13(16(2,3)4)15-17-8-9-18(14)15/h8-11H,5-7H2,1-4H3. The molecule has 0 fully saturated rings. The maximum Gasteiger partial charge on any atom is 0.140 e. The zero-order valence-electron chi connectivity index (χ0n) is 11.8. The molecule has 1 aliphatic rings. The minimum absolute atomic E-state index is 0.155. The third kappa shape index (κ3) is 1.58. The van der Waals surface area contributed by atoms with Gasteiger partial charge in [-0.2, -0.15) is 0 Å².